The quantitative estimate of drug-likeness (QED) is 0.699. The van der Waals surface area contributed by atoms with E-state index in [1.807, 2.05) is 36.9 Å². The number of methoxy groups -OCH3 is 1. The summed E-state index contributed by atoms with van der Waals surface area (Å²) in [7, 11) is 1.66. The van der Waals surface area contributed by atoms with E-state index >= 15 is 0 Å². The molecule has 1 aromatic rings. The third-order valence-corrected chi connectivity index (χ3v) is 2.66. The van der Waals surface area contributed by atoms with Crippen LogP contribution >= 0.6 is 0 Å². The van der Waals surface area contributed by atoms with Gasteiger partial charge in [0.25, 0.3) is 0 Å². The summed E-state index contributed by atoms with van der Waals surface area (Å²) in [6.45, 7) is 5.88. The Labute approximate surface area is 114 Å². The number of anilines is 2. The van der Waals surface area contributed by atoms with Gasteiger partial charge in [0.2, 0.25) is 0 Å². The Balaban J connectivity index is 2.89. The summed E-state index contributed by atoms with van der Waals surface area (Å²) in [5, 5.41) is 9.13. The topological polar surface area (TPSA) is 68.0 Å². The Morgan fingerprint density at radius 1 is 1.32 bits per heavy atom. The molecule has 1 rings (SSSR count). The minimum Gasteiger partial charge on any atom is -0.489 e. The third kappa shape index (κ3) is 4.96. The van der Waals surface area contributed by atoms with Crippen LogP contribution in [0.15, 0.2) is 18.2 Å². The maximum absolute atomic E-state index is 9.13. The van der Waals surface area contributed by atoms with Gasteiger partial charge in [0, 0.05) is 32.0 Å². The fraction of sp³-hybridized carbons (Fsp3) is 0.571. The number of nitrogens with two attached hydrogens (primary N) is 1. The maximum Gasteiger partial charge on any atom is 0.144 e. The monoisotopic (exact) mass is 268 g/mol. The van der Waals surface area contributed by atoms with Crippen LogP contribution in [-0.2, 0) is 4.74 Å². The molecule has 0 aliphatic carbocycles. The van der Waals surface area contributed by atoms with E-state index in [1.54, 1.807) is 7.11 Å². The number of nitrogen functional groups attached to an aromatic ring is 1. The minimum atomic E-state index is 0.0721. The summed E-state index contributed by atoms with van der Waals surface area (Å²) in [5.41, 5.74) is 7.48. The smallest absolute Gasteiger partial charge is 0.144 e. The van der Waals surface area contributed by atoms with Crippen molar-refractivity contribution in [3.63, 3.8) is 0 Å². The Hall–Kier alpha value is -1.46. The van der Waals surface area contributed by atoms with Crippen molar-refractivity contribution in [2.24, 2.45) is 0 Å². The van der Waals surface area contributed by atoms with Crippen LogP contribution in [0, 0.1) is 0 Å². The summed E-state index contributed by atoms with van der Waals surface area (Å²) in [6, 6.07) is 5.65. The number of hydrogen-bond acceptors (Lipinski definition) is 5. The second-order valence-electron chi connectivity index (χ2n) is 4.59. The first-order chi connectivity index (χ1) is 9.08. The van der Waals surface area contributed by atoms with Gasteiger partial charge >= 0.3 is 0 Å². The second-order valence-corrected chi connectivity index (χ2v) is 4.59. The SMILES string of the molecule is COCCN(CCO)c1ccc(N)c(OC(C)C)c1. The van der Waals surface area contributed by atoms with E-state index in [2.05, 4.69) is 0 Å². The molecular formula is C14H24N2O3. The summed E-state index contributed by atoms with van der Waals surface area (Å²) < 4.78 is 10.8. The Bertz CT molecular complexity index is 383. The van der Waals surface area contributed by atoms with Crippen LogP contribution in [0.3, 0.4) is 0 Å². The molecule has 0 amide bonds. The van der Waals surface area contributed by atoms with E-state index < -0.39 is 0 Å². The van der Waals surface area contributed by atoms with Crippen molar-refractivity contribution in [2.45, 2.75) is 20.0 Å². The Morgan fingerprint density at radius 3 is 2.63 bits per heavy atom. The van der Waals surface area contributed by atoms with E-state index in [1.165, 1.54) is 0 Å². The van der Waals surface area contributed by atoms with Crippen molar-refractivity contribution in [1.29, 1.82) is 0 Å². The Morgan fingerprint density at radius 2 is 2.05 bits per heavy atom. The van der Waals surface area contributed by atoms with E-state index in [9.17, 15) is 0 Å². The molecule has 0 atom stereocenters. The van der Waals surface area contributed by atoms with Gasteiger partial charge in [-0.3, -0.25) is 0 Å². The molecule has 5 heteroatoms. The molecule has 0 saturated heterocycles. The van der Waals surface area contributed by atoms with Crippen LogP contribution in [0.5, 0.6) is 5.75 Å². The molecule has 0 radical (unpaired) electrons. The standard InChI is InChI=1S/C14H24N2O3/c1-11(2)19-14-10-12(4-5-13(14)15)16(6-8-17)7-9-18-3/h4-5,10-11,17H,6-9,15H2,1-3H3. The Kier molecular flexibility index (Phi) is 6.45. The van der Waals surface area contributed by atoms with Gasteiger partial charge in [-0.15, -0.1) is 0 Å². The van der Waals surface area contributed by atoms with Crippen LogP contribution in [-0.4, -0.2) is 44.6 Å². The summed E-state index contributed by atoms with van der Waals surface area (Å²) >= 11 is 0. The number of aliphatic hydroxyl groups excluding tert-OH is 1. The van der Waals surface area contributed by atoms with Gasteiger partial charge in [-0.1, -0.05) is 0 Å². The van der Waals surface area contributed by atoms with Crippen LogP contribution in [0.2, 0.25) is 0 Å². The zero-order chi connectivity index (χ0) is 14.3. The predicted molar refractivity (Wildman–Crippen MR) is 77.8 cm³/mol. The first kappa shape index (κ1) is 15.6. The van der Waals surface area contributed by atoms with Crippen molar-refractivity contribution in [1.82, 2.24) is 0 Å². The molecular weight excluding hydrogens is 244 g/mol. The average molecular weight is 268 g/mol. The molecule has 0 spiro atoms. The predicted octanol–water partition coefficient (Wildman–Crippen LogP) is 1.50. The first-order valence-electron chi connectivity index (χ1n) is 6.49. The van der Waals surface area contributed by atoms with Gasteiger partial charge in [-0.2, -0.15) is 0 Å². The van der Waals surface area contributed by atoms with Crippen LogP contribution in [0.1, 0.15) is 13.8 Å². The summed E-state index contributed by atoms with van der Waals surface area (Å²) in [6.07, 6.45) is 0.0721. The van der Waals surface area contributed by atoms with E-state index in [0.717, 1.165) is 5.69 Å². The van der Waals surface area contributed by atoms with Crippen LogP contribution in [0.4, 0.5) is 11.4 Å². The molecule has 5 nitrogen and oxygen atoms in total. The number of rotatable bonds is 8. The maximum atomic E-state index is 9.13. The average Bonchev–Trinajstić information content (AvgIpc) is 2.37. The zero-order valence-electron chi connectivity index (χ0n) is 11.9. The fourth-order valence-corrected chi connectivity index (χ4v) is 1.77. The molecule has 0 aliphatic rings. The van der Waals surface area contributed by atoms with Crippen LogP contribution < -0.4 is 15.4 Å². The second kappa shape index (κ2) is 7.86. The van der Waals surface area contributed by atoms with Gasteiger partial charge in [-0.25, -0.2) is 0 Å². The molecule has 0 bridgehead atoms. The normalized spacial score (nSPS) is 10.8. The highest BCUT2D eigenvalue weighted by atomic mass is 16.5. The number of aliphatic hydroxyl groups is 1. The summed E-state index contributed by atoms with van der Waals surface area (Å²) in [4.78, 5) is 2.04. The van der Waals surface area contributed by atoms with Crippen molar-refractivity contribution < 1.29 is 14.6 Å². The lowest BCUT2D eigenvalue weighted by Crippen LogP contribution is -2.30. The number of ether oxygens (including phenoxy) is 2. The minimum absolute atomic E-state index is 0.0721. The van der Waals surface area contributed by atoms with E-state index in [0.29, 0.717) is 31.1 Å². The highest BCUT2D eigenvalue weighted by molar-refractivity contribution is 5.62. The molecule has 0 heterocycles. The van der Waals surface area contributed by atoms with E-state index in [4.69, 9.17) is 20.3 Å². The molecule has 3 N–H and O–H groups in total. The molecule has 0 aliphatic heterocycles. The van der Waals surface area contributed by atoms with Gasteiger partial charge in [-0.05, 0) is 26.0 Å². The molecule has 108 valence electrons. The highest BCUT2D eigenvalue weighted by Crippen LogP contribution is 2.28. The van der Waals surface area contributed by atoms with Gasteiger partial charge in [0.05, 0.1) is 25.0 Å². The molecule has 0 aromatic heterocycles. The van der Waals surface area contributed by atoms with Crippen molar-refractivity contribution in [3.8, 4) is 5.75 Å². The van der Waals surface area contributed by atoms with Crippen molar-refractivity contribution in [2.75, 3.05) is 44.0 Å². The number of nitrogens with zero attached hydrogens (tertiary/aromatic N) is 1. The molecule has 19 heavy (non-hydrogen) atoms. The first-order valence-corrected chi connectivity index (χ1v) is 6.49. The fourth-order valence-electron chi connectivity index (χ4n) is 1.77. The van der Waals surface area contributed by atoms with Gasteiger partial charge in [0.15, 0.2) is 0 Å². The van der Waals surface area contributed by atoms with Gasteiger partial charge < -0.3 is 25.2 Å². The molecule has 0 fully saturated rings. The lowest BCUT2D eigenvalue weighted by atomic mass is 10.2. The number of hydrogen-bond donors (Lipinski definition) is 2. The highest BCUT2D eigenvalue weighted by Gasteiger charge is 2.10. The third-order valence-electron chi connectivity index (χ3n) is 2.66. The number of benzene rings is 1. The lowest BCUT2D eigenvalue weighted by molar-refractivity contribution is 0.202. The van der Waals surface area contributed by atoms with E-state index in [-0.39, 0.29) is 12.7 Å². The largest absolute Gasteiger partial charge is 0.489 e. The molecule has 1 aromatic carbocycles. The lowest BCUT2D eigenvalue weighted by Gasteiger charge is -2.25. The zero-order valence-corrected chi connectivity index (χ0v) is 11.9. The summed E-state index contributed by atoms with van der Waals surface area (Å²) in [5.74, 6) is 0.674. The van der Waals surface area contributed by atoms with Crippen molar-refractivity contribution >= 4 is 11.4 Å². The van der Waals surface area contributed by atoms with Gasteiger partial charge in [0.1, 0.15) is 5.75 Å². The van der Waals surface area contributed by atoms with Crippen molar-refractivity contribution in [3.05, 3.63) is 18.2 Å². The van der Waals surface area contributed by atoms with Crippen LogP contribution in [0.25, 0.3) is 0 Å². The molecule has 0 saturated carbocycles. The molecule has 0 unspecified atom stereocenters.